The van der Waals surface area contributed by atoms with Crippen molar-refractivity contribution >= 4 is 12.4 Å². The Balaban J connectivity index is 0.00000225. The first-order valence-corrected chi connectivity index (χ1v) is 4.82. The molecule has 4 N–H and O–H groups in total. The maximum atomic E-state index is 5.91. The third-order valence-electron chi connectivity index (χ3n) is 2.31. The average Bonchev–Trinajstić information content (AvgIpc) is 2.26. The van der Waals surface area contributed by atoms with Crippen molar-refractivity contribution in [3.05, 3.63) is 23.3 Å². The van der Waals surface area contributed by atoms with E-state index < -0.39 is 0 Å². The zero-order valence-electron chi connectivity index (χ0n) is 9.82. The molecule has 1 aromatic rings. The van der Waals surface area contributed by atoms with Crippen LogP contribution in [0.1, 0.15) is 17.2 Å². The van der Waals surface area contributed by atoms with Gasteiger partial charge in [0.2, 0.25) is 0 Å². The molecule has 0 aliphatic heterocycles. The summed E-state index contributed by atoms with van der Waals surface area (Å²) in [5.41, 5.74) is 13.4. The predicted molar refractivity (Wildman–Crippen MR) is 67.5 cm³/mol. The van der Waals surface area contributed by atoms with E-state index in [-0.39, 0.29) is 18.4 Å². The van der Waals surface area contributed by atoms with Gasteiger partial charge in [0, 0.05) is 12.6 Å². The number of methoxy groups -OCH3 is 2. The van der Waals surface area contributed by atoms with E-state index in [4.69, 9.17) is 20.9 Å². The Bertz CT molecular complexity index is 320. The lowest BCUT2D eigenvalue weighted by Crippen LogP contribution is -2.22. The van der Waals surface area contributed by atoms with E-state index in [1.54, 1.807) is 14.2 Å². The Morgan fingerprint density at radius 3 is 1.94 bits per heavy atom. The minimum atomic E-state index is -0.268. The van der Waals surface area contributed by atoms with Crippen molar-refractivity contribution in [1.82, 2.24) is 0 Å². The quantitative estimate of drug-likeness (QED) is 0.843. The van der Waals surface area contributed by atoms with Gasteiger partial charge in [0.25, 0.3) is 0 Å². The first-order chi connectivity index (χ1) is 7.13. The van der Waals surface area contributed by atoms with Crippen molar-refractivity contribution in [3.8, 4) is 11.5 Å². The summed E-state index contributed by atoms with van der Waals surface area (Å²) in [5, 5.41) is 0. The smallest absolute Gasteiger partial charge is 0.127 e. The van der Waals surface area contributed by atoms with Crippen molar-refractivity contribution in [1.29, 1.82) is 0 Å². The van der Waals surface area contributed by atoms with Crippen LogP contribution in [0.2, 0.25) is 0 Å². The maximum absolute atomic E-state index is 5.91. The number of benzene rings is 1. The molecule has 0 heterocycles. The third-order valence-corrected chi connectivity index (χ3v) is 2.31. The Hall–Kier alpha value is -0.970. The zero-order chi connectivity index (χ0) is 11.4. The van der Waals surface area contributed by atoms with Crippen LogP contribution in [0.5, 0.6) is 11.5 Å². The molecule has 16 heavy (non-hydrogen) atoms. The summed E-state index contributed by atoms with van der Waals surface area (Å²) in [6.07, 6.45) is 0. The van der Waals surface area contributed by atoms with Gasteiger partial charge in [-0.15, -0.1) is 12.4 Å². The van der Waals surface area contributed by atoms with Crippen LogP contribution < -0.4 is 20.9 Å². The topological polar surface area (TPSA) is 70.5 Å². The number of halogens is 1. The van der Waals surface area contributed by atoms with Crippen LogP contribution in [-0.4, -0.2) is 20.8 Å². The van der Waals surface area contributed by atoms with Crippen LogP contribution in [0, 0.1) is 6.92 Å². The number of aryl methyl sites for hydroxylation is 1. The molecule has 1 atom stereocenters. The molecule has 0 radical (unpaired) electrons. The summed E-state index contributed by atoms with van der Waals surface area (Å²) in [6.45, 7) is 2.33. The van der Waals surface area contributed by atoms with Crippen LogP contribution in [0.3, 0.4) is 0 Å². The summed E-state index contributed by atoms with van der Waals surface area (Å²) in [5.74, 6) is 1.45. The van der Waals surface area contributed by atoms with Gasteiger partial charge in [-0.05, 0) is 24.6 Å². The predicted octanol–water partition coefficient (Wildman–Crippen LogP) is 1.39. The van der Waals surface area contributed by atoms with Crippen molar-refractivity contribution in [3.63, 3.8) is 0 Å². The lowest BCUT2D eigenvalue weighted by Gasteiger charge is -2.18. The molecule has 0 aromatic heterocycles. The molecule has 4 nitrogen and oxygen atoms in total. The summed E-state index contributed by atoms with van der Waals surface area (Å²) in [4.78, 5) is 0. The fourth-order valence-electron chi connectivity index (χ4n) is 1.55. The van der Waals surface area contributed by atoms with Gasteiger partial charge in [-0.25, -0.2) is 0 Å². The molecular formula is C11H19ClN2O2. The van der Waals surface area contributed by atoms with Gasteiger partial charge in [-0.2, -0.15) is 0 Å². The highest BCUT2D eigenvalue weighted by atomic mass is 35.5. The SMILES string of the molecule is COc1cc(C)cc(OC)c1[C@H](N)CN.Cl. The lowest BCUT2D eigenvalue weighted by atomic mass is 10.0. The highest BCUT2D eigenvalue weighted by Gasteiger charge is 2.16. The first-order valence-electron chi connectivity index (χ1n) is 4.82. The van der Waals surface area contributed by atoms with E-state index in [0.29, 0.717) is 6.54 Å². The fraction of sp³-hybridized carbons (Fsp3) is 0.455. The second-order valence-electron chi connectivity index (χ2n) is 3.43. The van der Waals surface area contributed by atoms with Crippen molar-refractivity contribution in [2.24, 2.45) is 11.5 Å². The normalized spacial score (nSPS) is 11.6. The Morgan fingerprint density at radius 2 is 1.62 bits per heavy atom. The summed E-state index contributed by atoms with van der Waals surface area (Å²) < 4.78 is 10.6. The third kappa shape index (κ3) is 3.01. The average molecular weight is 247 g/mol. The largest absolute Gasteiger partial charge is 0.496 e. The van der Waals surface area contributed by atoms with Gasteiger partial charge in [-0.1, -0.05) is 0 Å². The van der Waals surface area contributed by atoms with Gasteiger partial charge >= 0.3 is 0 Å². The Morgan fingerprint density at radius 1 is 1.19 bits per heavy atom. The minimum Gasteiger partial charge on any atom is -0.496 e. The van der Waals surface area contributed by atoms with Gasteiger partial charge < -0.3 is 20.9 Å². The summed E-state index contributed by atoms with van der Waals surface area (Å²) in [7, 11) is 3.22. The molecule has 0 unspecified atom stereocenters. The molecule has 5 heteroatoms. The molecule has 0 amide bonds. The van der Waals surface area contributed by atoms with Crippen LogP contribution in [-0.2, 0) is 0 Å². The number of nitrogens with two attached hydrogens (primary N) is 2. The molecule has 0 aliphatic rings. The fourth-order valence-corrected chi connectivity index (χ4v) is 1.55. The van der Waals surface area contributed by atoms with Crippen molar-refractivity contribution in [2.75, 3.05) is 20.8 Å². The highest BCUT2D eigenvalue weighted by molar-refractivity contribution is 5.85. The number of rotatable bonds is 4. The van der Waals surface area contributed by atoms with E-state index in [1.165, 1.54) is 0 Å². The van der Waals surface area contributed by atoms with Crippen molar-refractivity contribution < 1.29 is 9.47 Å². The molecule has 1 rings (SSSR count). The van der Waals surface area contributed by atoms with Crippen molar-refractivity contribution in [2.45, 2.75) is 13.0 Å². The standard InChI is InChI=1S/C11H18N2O2.ClH/c1-7-4-9(14-2)11(8(13)6-12)10(5-7)15-3;/h4-5,8H,6,12-13H2,1-3H3;1H/t8-;/m1./s1. The van der Waals surface area contributed by atoms with Crippen LogP contribution in [0.25, 0.3) is 0 Å². The van der Waals surface area contributed by atoms with Gasteiger partial charge in [-0.3, -0.25) is 0 Å². The van der Waals surface area contributed by atoms with E-state index in [0.717, 1.165) is 22.6 Å². The molecule has 92 valence electrons. The molecule has 0 saturated carbocycles. The Kier molecular flexibility index (Phi) is 6.18. The van der Waals surface area contributed by atoms with Gasteiger partial charge in [0.15, 0.2) is 0 Å². The van der Waals surface area contributed by atoms with Crippen LogP contribution in [0.15, 0.2) is 12.1 Å². The van der Waals surface area contributed by atoms with Gasteiger partial charge in [0.1, 0.15) is 11.5 Å². The summed E-state index contributed by atoms with van der Waals surface area (Å²) in [6, 6.07) is 3.58. The van der Waals surface area contributed by atoms with Crippen LogP contribution in [0.4, 0.5) is 0 Å². The zero-order valence-corrected chi connectivity index (χ0v) is 10.6. The lowest BCUT2D eigenvalue weighted by molar-refractivity contribution is 0.379. The number of hydrogen-bond donors (Lipinski definition) is 2. The van der Waals surface area contributed by atoms with E-state index in [9.17, 15) is 0 Å². The maximum Gasteiger partial charge on any atom is 0.127 e. The highest BCUT2D eigenvalue weighted by Crippen LogP contribution is 2.34. The van der Waals surface area contributed by atoms with E-state index in [1.807, 2.05) is 19.1 Å². The Labute approximate surface area is 102 Å². The van der Waals surface area contributed by atoms with Crippen LogP contribution >= 0.6 is 12.4 Å². The number of hydrogen-bond acceptors (Lipinski definition) is 4. The molecule has 1 aromatic carbocycles. The molecular weight excluding hydrogens is 228 g/mol. The molecule has 0 aliphatic carbocycles. The second kappa shape index (κ2) is 6.58. The monoisotopic (exact) mass is 246 g/mol. The minimum absolute atomic E-state index is 0. The molecule has 0 fully saturated rings. The molecule has 0 spiro atoms. The van der Waals surface area contributed by atoms with Gasteiger partial charge in [0.05, 0.1) is 19.8 Å². The first kappa shape index (κ1) is 15.0. The van der Waals surface area contributed by atoms with E-state index >= 15 is 0 Å². The molecule has 0 bridgehead atoms. The second-order valence-corrected chi connectivity index (χ2v) is 3.43. The van der Waals surface area contributed by atoms with E-state index in [2.05, 4.69) is 0 Å². The summed E-state index contributed by atoms with van der Waals surface area (Å²) >= 11 is 0. The number of ether oxygens (including phenoxy) is 2. The molecule has 0 saturated heterocycles.